The van der Waals surface area contributed by atoms with Crippen molar-refractivity contribution in [2.24, 2.45) is 0 Å². The van der Waals surface area contributed by atoms with Gasteiger partial charge in [0.15, 0.2) is 5.78 Å². The first-order chi connectivity index (χ1) is 13.8. The van der Waals surface area contributed by atoms with Crippen LogP contribution in [0.25, 0.3) is 0 Å². The summed E-state index contributed by atoms with van der Waals surface area (Å²) in [4.78, 5) is 17.9. The quantitative estimate of drug-likeness (QED) is 0.665. The minimum atomic E-state index is -0.253. The van der Waals surface area contributed by atoms with Gasteiger partial charge in [-0.2, -0.15) is 0 Å². The Hall–Kier alpha value is -3.40. The molecule has 2 atom stereocenters. The molecule has 0 saturated heterocycles. The van der Waals surface area contributed by atoms with E-state index < -0.39 is 0 Å². The highest BCUT2D eigenvalue weighted by molar-refractivity contribution is 6.01. The van der Waals surface area contributed by atoms with Gasteiger partial charge in [0.2, 0.25) is 0 Å². The Balaban J connectivity index is 1.62. The first kappa shape index (κ1) is 16.8. The van der Waals surface area contributed by atoms with Crippen LogP contribution in [0.3, 0.4) is 0 Å². The van der Waals surface area contributed by atoms with Crippen LogP contribution in [-0.4, -0.2) is 10.8 Å². The topological polar surface area (TPSA) is 54.0 Å². The van der Waals surface area contributed by atoms with Crippen molar-refractivity contribution in [3.8, 4) is 0 Å². The Kier molecular flexibility index (Phi) is 4.17. The zero-order chi connectivity index (χ0) is 18.9. The maximum Gasteiger partial charge on any atom is 0.163 e. The summed E-state index contributed by atoms with van der Waals surface area (Å²) in [5.74, 6) is 0.369. The number of Topliss-reactive ketones (excluding diaryl/α,β-unsaturated/α-hetero) is 1. The number of benzene rings is 2. The van der Waals surface area contributed by atoms with Gasteiger partial charge < -0.3 is 10.6 Å². The standard InChI is InChI=1S/C24H21N3O/c28-22-15-17(16-8-2-1-3-9-16)14-21-23(22)24(20-12-6-7-13-25-20)27-19-11-5-4-10-18(19)26-21/h1-13,17,24,26-27H,14-15H2/t17-,24-/m0/s1. The van der Waals surface area contributed by atoms with Crippen LogP contribution in [0.15, 0.2) is 90.3 Å². The zero-order valence-corrected chi connectivity index (χ0v) is 15.4. The highest BCUT2D eigenvalue weighted by Crippen LogP contribution is 2.43. The van der Waals surface area contributed by atoms with E-state index in [1.54, 1.807) is 6.20 Å². The maximum atomic E-state index is 13.3. The molecule has 0 fully saturated rings. The molecule has 5 rings (SSSR count). The van der Waals surface area contributed by atoms with Crippen LogP contribution in [0.5, 0.6) is 0 Å². The molecule has 28 heavy (non-hydrogen) atoms. The molecule has 4 heteroatoms. The second-order valence-corrected chi connectivity index (χ2v) is 7.33. The van der Waals surface area contributed by atoms with Gasteiger partial charge in [-0.05, 0) is 42.2 Å². The summed E-state index contributed by atoms with van der Waals surface area (Å²) in [6.07, 6.45) is 3.11. The van der Waals surface area contributed by atoms with Crippen molar-refractivity contribution in [2.45, 2.75) is 24.8 Å². The van der Waals surface area contributed by atoms with Crippen molar-refractivity contribution >= 4 is 17.2 Å². The molecule has 0 spiro atoms. The summed E-state index contributed by atoms with van der Waals surface area (Å²) < 4.78 is 0. The molecule has 2 aromatic carbocycles. The van der Waals surface area contributed by atoms with Gasteiger partial charge in [0.05, 0.1) is 23.1 Å². The number of carbonyl (C=O) groups excluding carboxylic acids is 1. The highest BCUT2D eigenvalue weighted by atomic mass is 16.1. The lowest BCUT2D eigenvalue weighted by molar-refractivity contribution is -0.116. The van der Waals surface area contributed by atoms with Gasteiger partial charge in [-0.3, -0.25) is 9.78 Å². The third kappa shape index (κ3) is 2.97. The number of fused-ring (bicyclic) bond motifs is 1. The number of nitrogens with zero attached hydrogens (tertiary/aromatic N) is 1. The molecule has 0 amide bonds. The lowest BCUT2D eigenvalue weighted by atomic mass is 9.79. The molecule has 138 valence electrons. The predicted molar refractivity (Wildman–Crippen MR) is 111 cm³/mol. The van der Waals surface area contributed by atoms with E-state index in [0.29, 0.717) is 6.42 Å². The molecule has 2 N–H and O–H groups in total. The van der Waals surface area contributed by atoms with Crippen LogP contribution < -0.4 is 10.6 Å². The number of pyridine rings is 1. The second-order valence-electron chi connectivity index (χ2n) is 7.33. The van der Waals surface area contributed by atoms with Crippen LogP contribution in [0.4, 0.5) is 11.4 Å². The van der Waals surface area contributed by atoms with Gasteiger partial charge in [0.25, 0.3) is 0 Å². The van der Waals surface area contributed by atoms with Crippen molar-refractivity contribution in [1.29, 1.82) is 0 Å². The van der Waals surface area contributed by atoms with E-state index in [-0.39, 0.29) is 17.7 Å². The number of hydrogen-bond donors (Lipinski definition) is 2. The van der Waals surface area contributed by atoms with E-state index in [1.165, 1.54) is 5.56 Å². The first-order valence-electron chi connectivity index (χ1n) is 9.64. The molecule has 1 aliphatic carbocycles. The van der Waals surface area contributed by atoms with E-state index in [2.05, 4.69) is 27.8 Å². The van der Waals surface area contributed by atoms with Gasteiger partial charge >= 0.3 is 0 Å². The average molecular weight is 367 g/mol. The second kappa shape index (κ2) is 6.97. The fourth-order valence-electron chi connectivity index (χ4n) is 4.22. The van der Waals surface area contributed by atoms with Gasteiger partial charge in [0.1, 0.15) is 0 Å². The number of hydrogen-bond acceptors (Lipinski definition) is 4. The van der Waals surface area contributed by atoms with E-state index >= 15 is 0 Å². The smallest absolute Gasteiger partial charge is 0.163 e. The molecule has 0 bridgehead atoms. The van der Waals surface area contributed by atoms with Crippen LogP contribution >= 0.6 is 0 Å². The molecule has 0 radical (unpaired) electrons. The maximum absolute atomic E-state index is 13.3. The minimum absolute atomic E-state index is 0.179. The van der Waals surface area contributed by atoms with Crippen molar-refractivity contribution in [2.75, 3.05) is 10.6 Å². The van der Waals surface area contributed by atoms with E-state index in [4.69, 9.17) is 0 Å². The highest BCUT2D eigenvalue weighted by Gasteiger charge is 2.36. The monoisotopic (exact) mass is 367 g/mol. The van der Waals surface area contributed by atoms with E-state index in [9.17, 15) is 4.79 Å². The summed E-state index contributed by atoms with van der Waals surface area (Å²) in [5, 5.41) is 7.12. The molecular weight excluding hydrogens is 346 g/mol. The number of nitrogens with one attached hydrogen (secondary N) is 2. The Morgan fingerprint density at radius 1 is 0.821 bits per heavy atom. The number of rotatable bonds is 2. The van der Waals surface area contributed by atoms with Gasteiger partial charge in [-0.15, -0.1) is 0 Å². The predicted octanol–water partition coefficient (Wildman–Crippen LogP) is 5.06. The zero-order valence-electron chi connectivity index (χ0n) is 15.4. The first-order valence-corrected chi connectivity index (χ1v) is 9.64. The molecule has 1 aromatic heterocycles. The summed E-state index contributed by atoms with van der Waals surface area (Å²) in [6, 6.07) is 24.0. The van der Waals surface area contributed by atoms with Crippen LogP contribution in [0, 0.1) is 0 Å². The summed E-state index contributed by atoms with van der Waals surface area (Å²) in [5.41, 5.74) is 5.86. The third-order valence-corrected chi connectivity index (χ3v) is 5.56. The summed E-state index contributed by atoms with van der Waals surface area (Å²) in [6.45, 7) is 0. The van der Waals surface area contributed by atoms with Crippen molar-refractivity contribution in [3.05, 3.63) is 102 Å². The summed E-state index contributed by atoms with van der Waals surface area (Å²) >= 11 is 0. The van der Waals surface area contributed by atoms with Gasteiger partial charge in [0, 0.05) is 23.9 Å². The number of ketones is 1. The number of allylic oxidation sites excluding steroid dienone is 1. The van der Waals surface area contributed by atoms with Crippen LogP contribution in [-0.2, 0) is 4.79 Å². The lowest BCUT2D eigenvalue weighted by Crippen LogP contribution is -2.27. The van der Waals surface area contributed by atoms with Crippen LogP contribution in [0.2, 0.25) is 0 Å². The fraction of sp³-hybridized carbons (Fsp3) is 0.167. The SMILES string of the molecule is O=C1C[C@@H](c2ccccc2)CC2=C1[C@H](c1ccccn1)Nc1ccccc1N2. The third-order valence-electron chi connectivity index (χ3n) is 5.56. The van der Waals surface area contributed by atoms with Crippen molar-refractivity contribution in [3.63, 3.8) is 0 Å². The normalized spacial score (nSPS) is 21.1. The lowest BCUT2D eigenvalue weighted by Gasteiger charge is -2.29. The minimum Gasteiger partial charge on any atom is -0.371 e. The van der Waals surface area contributed by atoms with Crippen molar-refractivity contribution < 1.29 is 4.79 Å². The molecule has 1 aliphatic heterocycles. The average Bonchev–Trinajstić information content (AvgIpc) is 2.92. The largest absolute Gasteiger partial charge is 0.371 e. The Labute approximate surface area is 164 Å². The molecule has 0 unspecified atom stereocenters. The Morgan fingerprint density at radius 3 is 2.36 bits per heavy atom. The van der Waals surface area contributed by atoms with Gasteiger partial charge in [-0.1, -0.05) is 48.5 Å². The Morgan fingerprint density at radius 2 is 1.57 bits per heavy atom. The molecule has 4 nitrogen and oxygen atoms in total. The van der Waals surface area contributed by atoms with E-state index in [1.807, 2.05) is 60.7 Å². The molecule has 2 heterocycles. The Bertz CT molecular complexity index is 1040. The van der Waals surface area contributed by atoms with Crippen molar-refractivity contribution in [1.82, 2.24) is 4.98 Å². The number of carbonyl (C=O) groups is 1. The number of para-hydroxylation sites is 2. The molecule has 2 aliphatic rings. The molecule has 0 saturated carbocycles. The van der Waals surface area contributed by atoms with Gasteiger partial charge in [-0.25, -0.2) is 0 Å². The van der Waals surface area contributed by atoms with Crippen LogP contribution in [0.1, 0.15) is 36.1 Å². The number of aromatic nitrogens is 1. The fourth-order valence-corrected chi connectivity index (χ4v) is 4.22. The summed E-state index contributed by atoms with van der Waals surface area (Å²) in [7, 11) is 0. The molecular formula is C24H21N3O. The molecule has 3 aromatic rings. The van der Waals surface area contributed by atoms with E-state index in [0.717, 1.165) is 34.8 Å². The number of anilines is 2.